The van der Waals surface area contributed by atoms with Crippen molar-refractivity contribution in [2.45, 2.75) is 19.9 Å². The average molecular weight is 279 g/mol. The fraction of sp³-hybridized carbons (Fsp3) is 0.308. The van der Waals surface area contributed by atoms with Crippen LogP contribution in [0.2, 0.25) is 5.28 Å². The number of para-hydroxylation sites is 1. The average Bonchev–Trinajstić information content (AvgIpc) is 2.35. The summed E-state index contributed by atoms with van der Waals surface area (Å²) in [4.78, 5) is 19.8. The van der Waals surface area contributed by atoms with Crippen LogP contribution in [-0.2, 0) is 4.79 Å². The predicted octanol–water partition coefficient (Wildman–Crippen LogP) is 2.22. The number of benzene rings is 1. The second-order valence-electron chi connectivity index (χ2n) is 4.43. The lowest BCUT2D eigenvalue weighted by Crippen LogP contribution is -2.35. The third-order valence-electron chi connectivity index (χ3n) is 2.44. The first-order valence-electron chi connectivity index (χ1n) is 6.02. The van der Waals surface area contributed by atoms with Crippen molar-refractivity contribution in [2.75, 3.05) is 11.9 Å². The Morgan fingerprint density at radius 1 is 1.32 bits per heavy atom. The van der Waals surface area contributed by atoms with Gasteiger partial charge in [0.2, 0.25) is 11.2 Å². The zero-order chi connectivity index (χ0) is 13.8. The normalized spacial score (nSPS) is 10.7. The summed E-state index contributed by atoms with van der Waals surface area (Å²) in [6.45, 7) is 3.97. The van der Waals surface area contributed by atoms with Crippen molar-refractivity contribution < 1.29 is 4.79 Å². The van der Waals surface area contributed by atoms with Gasteiger partial charge in [0.15, 0.2) is 0 Å². The molecule has 19 heavy (non-hydrogen) atoms. The number of nitrogens with one attached hydrogen (secondary N) is 2. The Labute approximate surface area is 116 Å². The van der Waals surface area contributed by atoms with Gasteiger partial charge in [0, 0.05) is 11.4 Å². The molecule has 1 heterocycles. The van der Waals surface area contributed by atoms with E-state index in [1.807, 2.05) is 38.1 Å². The van der Waals surface area contributed by atoms with Crippen LogP contribution in [0.1, 0.15) is 13.8 Å². The van der Waals surface area contributed by atoms with E-state index < -0.39 is 0 Å². The third kappa shape index (κ3) is 3.54. The second-order valence-corrected chi connectivity index (χ2v) is 4.77. The van der Waals surface area contributed by atoms with Crippen molar-refractivity contribution in [1.82, 2.24) is 15.3 Å². The smallest absolute Gasteiger partial charge is 0.239 e. The molecular weight excluding hydrogens is 264 g/mol. The highest BCUT2D eigenvalue weighted by Crippen LogP contribution is 2.21. The van der Waals surface area contributed by atoms with Crippen LogP contribution >= 0.6 is 11.6 Å². The quantitative estimate of drug-likeness (QED) is 0.842. The molecule has 0 saturated heterocycles. The summed E-state index contributed by atoms with van der Waals surface area (Å²) in [5.41, 5.74) is 0.745. The van der Waals surface area contributed by atoms with Gasteiger partial charge in [-0.25, -0.2) is 9.97 Å². The van der Waals surface area contributed by atoms with Crippen molar-refractivity contribution in [3.05, 3.63) is 29.5 Å². The molecule has 100 valence electrons. The van der Waals surface area contributed by atoms with E-state index in [2.05, 4.69) is 20.6 Å². The first-order chi connectivity index (χ1) is 9.06. The van der Waals surface area contributed by atoms with E-state index in [4.69, 9.17) is 11.6 Å². The van der Waals surface area contributed by atoms with Crippen LogP contribution in [0.15, 0.2) is 24.3 Å². The van der Waals surface area contributed by atoms with Crippen LogP contribution in [0.3, 0.4) is 0 Å². The summed E-state index contributed by atoms with van der Waals surface area (Å²) < 4.78 is 0. The Bertz CT molecular complexity index is 600. The van der Waals surface area contributed by atoms with Gasteiger partial charge in [-0.3, -0.25) is 4.79 Å². The highest BCUT2D eigenvalue weighted by atomic mass is 35.5. The van der Waals surface area contributed by atoms with Crippen molar-refractivity contribution >= 4 is 34.2 Å². The molecule has 1 aromatic heterocycles. The molecule has 0 bridgehead atoms. The molecule has 0 aliphatic rings. The highest BCUT2D eigenvalue weighted by Gasteiger charge is 2.08. The van der Waals surface area contributed by atoms with Crippen LogP contribution in [-0.4, -0.2) is 28.5 Å². The molecule has 6 heteroatoms. The lowest BCUT2D eigenvalue weighted by atomic mass is 10.2. The molecule has 5 nitrogen and oxygen atoms in total. The van der Waals surface area contributed by atoms with E-state index in [9.17, 15) is 4.79 Å². The van der Waals surface area contributed by atoms with Gasteiger partial charge in [0.25, 0.3) is 0 Å². The van der Waals surface area contributed by atoms with E-state index in [0.717, 1.165) is 10.9 Å². The molecule has 2 aromatic rings. The monoisotopic (exact) mass is 278 g/mol. The lowest BCUT2D eigenvalue weighted by Gasteiger charge is -2.11. The topological polar surface area (TPSA) is 66.9 Å². The maximum Gasteiger partial charge on any atom is 0.239 e. The maximum atomic E-state index is 11.6. The first kappa shape index (κ1) is 13.5. The van der Waals surface area contributed by atoms with E-state index in [1.54, 1.807) is 0 Å². The van der Waals surface area contributed by atoms with Gasteiger partial charge in [0.1, 0.15) is 5.82 Å². The Balaban J connectivity index is 2.18. The maximum absolute atomic E-state index is 11.6. The molecule has 0 aliphatic heterocycles. The lowest BCUT2D eigenvalue weighted by molar-refractivity contribution is -0.119. The van der Waals surface area contributed by atoms with Crippen molar-refractivity contribution in [3.63, 3.8) is 0 Å². The van der Waals surface area contributed by atoms with Crippen LogP contribution in [0.4, 0.5) is 5.82 Å². The number of nitrogens with zero attached hydrogens (tertiary/aromatic N) is 2. The number of halogens is 1. The van der Waals surface area contributed by atoms with Gasteiger partial charge >= 0.3 is 0 Å². The Morgan fingerprint density at radius 2 is 2.05 bits per heavy atom. The SMILES string of the molecule is CC(C)NC(=O)CNc1nc(Cl)nc2ccccc12. The number of rotatable bonds is 4. The van der Waals surface area contributed by atoms with Gasteiger partial charge < -0.3 is 10.6 Å². The Kier molecular flexibility index (Phi) is 4.16. The van der Waals surface area contributed by atoms with Crippen LogP contribution in [0, 0.1) is 0 Å². The fourth-order valence-corrected chi connectivity index (χ4v) is 1.90. The molecule has 2 N–H and O–H groups in total. The summed E-state index contributed by atoms with van der Waals surface area (Å²) in [5.74, 6) is 0.475. The van der Waals surface area contributed by atoms with Crippen molar-refractivity contribution in [1.29, 1.82) is 0 Å². The number of hydrogen-bond donors (Lipinski definition) is 2. The molecule has 0 spiro atoms. The van der Waals surface area contributed by atoms with Gasteiger partial charge in [-0.15, -0.1) is 0 Å². The van der Waals surface area contributed by atoms with Gasteiger partial charge in [0.05, 0.1) is 12.1 Å². The molecular formula is C13H15ClN4O. The third-order valence-corrected chi connectivity index (χ3v) is 2.61. The van der Waals surface area contributed by atoms with Gasteiger partial charge in [-0.1, -0.05) is 12.1 Å². The fourth-order valence-electron chi connectivity index (χ4n) is 1.72. The zero-order valence-electron chi connectivity index (χ0n) is 10.8. The number of anilines is 1. The minimum Gasteiger partial charge on any atom is -0.360 e. The Morgan fingerprint density at radius 3 is 2.79 bits per heavy atom. The number of carbonyl (C=O) groups is 1. The van der Waals surface area contributed by atoms with Gasteiger partial charge in [-0.2, -0.15) is 0 Å². The predicted molar refractivity (Wildman–Crippen MR) is 76.3 cm³/mol. The molecule has 0 fully saturated rings. The van der Waals surface area contributed by atoms with E-state index in [1.165, 1.54) is 0 Å². The molecule has 0 atom stereocenters. The molecule has 0 unspecified atom stereocenters. The van der Waals surface area contributed by atoms with Crippen molar-refractivity contribution in [2.24, 2.45) is 0 Å². The summed E-state index contributed by atoms with van der Waals surface area (Å²) in [5, 5.41) is 6.78. The van der Waals surface area contributed by atoms with E-state index in [0.29, 0.717) is 5.82 Å². The molecule has 1 amide bonds. The number of amides is 1. The minimum absolute atomic E-state index is 0.0891. The number of fused-ring (bicyclic) bond motifs is 1. The molecule has 0 saturated carbocycles. The standard InChI is InChI=1S/C13H15ClN4O/c1-8(2)16-11(19)7-15-12-9-5-3-4-6-10(9)17-13(14)18-12/h3-6,8H,7H2,1-2H3,(H,16,19)(H,15,17,18). The van der Waals surface area contributed by atoms with Crippen LogP contribution in [0.5, 0.6) is 0 Å². The minimum atomic E-state index is -0.0891. The van der Waals surface area contributed by atoms with Crippen molar-refractivity contribution in [3.8, 4) is 0 Å². The first-order valence-corrected chi connectivity index (χ1v) is 6.39. The summed E-state index contributed by atoms with van der Waals surface area (Å²) in [6, 6.07) is 7.61. The number of aromatic nitrogens is 2. The number of hydrogen-bond acceptors (Lipinski definition) is 4. The summed E-state index contributed by atoms with van der Waals surface area (Å²) in [6.07, 6.45) is 0. The van der Waals surface area contributed by atoms with E-state index >= 15 is 0 Å². The molecule has 0 aliphatic carbocycles. The van der Waals surface area contributed by atoms with Gasteiger partial charge in [-0.05, 0) is 37.6 Å². The second kappa shape index (κ2) is 5.84. The highest BCUT2D eigenvalue weighted by molar-refractivity contribution is 6.28. The summed E-state index contributed by atoms with van der Waals surface area (Å²) >= 11 is 5.86. The zero-order valence-corrected chi connectivity index (χ0v) is 11.5. The number of carbonyl (C=O) groups excluding carboxylic acids is 1. The van der Waals surface area contributed by atoms with Crippen LogP contribution in [0.25, 0.3) is 10.9 Å². The molecule has 1 aromatic carbocycles. The van der Waals surface area contributed by atoms with E-state index in [-0.39, 0.29) is 23.8 Å². The molecule has 2 rings (SSSR count). The Hall–Kier alpha value is -1.88. The largest absolute Gasteiger partial charge is 0.360 e. The van der Waals surface area contributed by atoms with Crippen LogP contribution < -0.4 is 10.6 Å². The summed E-state index contributed by atoms with van der Waals surface area (Å²) in [7, 11) is 0. The molecule has 0 radical (unpaired) electrons.